The van der Waals surface area contributed by atoms with E-state index in [2.05, 4.69) is 48.3 Å². The molecule has 0 aliphatic carbocycles. The summed E-state index contributed by atoms with van der Waals surface area (Å²) in [7, 11) is 0. The number of carbonyl (C=O) groups excluding carboxylic acids is 1. The summed E-state index contributed by atoms with van der Waals surface area (Å²) in [6, 6.07) is 16.3. The Balaban J connectivity index is 1.65. The number of ether oxygens (including phenoxy) is 1. The van der Waals surface area contributed by atoms with Crippen LogP contribution < -0.4 is 10.2 Å². The van der Waals surface area contributed by atoms with E-state index < -0.39 is 0 Å². The molecular weight excluding hydrogens is 350 g/mol. The van der Waals surface area contributed by atoms with Gasteiger partial charge in [0.25, 0.3) is 5.91 Å². The first-order chi connectivity index (χ1) is 13.7. The van der Waals surface area contributed by atoms with Crippen molar-refractivity contribution in [1.29, 1.82) is 0 Å². The number of carbonyl (C=O) groups is 1. The zero-order valence-electron chi connectivity index (χ0n) is 16.7. The van der Waals surface area contributed by atoms with Crippen LogP contribution in [0.15, 0.2) is 48.5 Å². The molecule has 2 aliphatic heterocycles. The largest absolute Gasteiger partial charge is 0.376 e. The number of hydrogen-bond donors (Lipinski definition) is 1. The predicted octanol–water partition coefficient (Wildman–Crippen LogP) is 4.28. The summed E-state index contributed by atoms with van der Waals surface area (Å²) >= 11 is 0. The molecule has 5 heteroatoms. The van der Waals surface area contributed by atoms with Gasteiger partial charge in [0.05, 0.1) is 11.7 Å². The molecular formula is C23H29N3O2. The van der Waals surface area contributed by atoms with Crippen LogP contribution in [0.1, 0.15) is 48.8 Å². The zero-order valence-corrected chi connectivity index (χ0v) is 16.7. The van der Waals surface area contributed by atoms with Crippen LogP contribution in [0.4, 0.5) is 11.4 Å². The Morgan fingerprint density at radius 1 is 1.11 bits per heavy atom. The van der Waals surface area contributed by atoms with E-state index in [1.54, 1.807) is 0 Å². The molecule has 0 bridgehead atoms. The van der Waals surface area contributed by atoms with Gasteiger partial charge in [-0.05, 0) is 56.5 Å². The minimum atomic E-state index is -0.183. The summed E-state index contributed by atoms with van der Waals surface area (Å²) in [6.07, 6.45) is 2.02. The number of rotatable bonds is 6. The number of nitrogens with one attached hydrogen (secondary N) is 1. The molecule has 0 radical (unpaired) electrons. The van der Waals surface area contributed by atoms with Crippen molar-refractivity contribution < 1.29 is 9.53 Å². The smallest absolute Gasteiger partial charge is 0.257 e. The van der Waals surface area contributed by atoms with E-state index in [0.717, 1.165) is 49.4 Å². The minimum Gasteiger partial charge on any atom is -0.376 e. The van der Waals surface area contributed by atoms with E-state index in [1.807, 2.05) is 29.2 Å². The van der Waals surface area contributed by atoms with Crippen molar-refractivity contribution in [3.8, 4) is 0 Å². The zero-order chi connectivity index (χ0) is 19.5. The van der Waals surface area contributed by atoms with Gasteiger partial charge in [0.1, 0.15) is 6.17 Å². The van der Waals surface area contributed by atoms with Crippen molar-refractivity contribution in [2.75, 3.05) is 36.5 Å². The molecule has 1 amide bonds. The first-order valence-corrected chi connectivity index (χ1v) is 10.3. The number of amides is 1. The molecule has 5 nitrogen and oxygen atoms in total. The SMILES string of the molecule is CCN(CC)c1ccc(C2Nc3ccccc3C(=O)N2CC2CCCO2)cc1. The van der Waals surface area contributed by atoms with Crippen molar-refractivity contribution in [3.63, 3.8) is 0 Å². The van der Waals surface area contributed by atoms with Gasteiger partial charge in [0.2, 0.25) is 0 Å². The fourth-order valence-corrected chi connectivity index (χ4v) is 4.21. The van der Waals surface area contributed by atoms with Crippen LogP contribution in [0, 0.1) is 0 Å². The maximum absolute atomic E-state index is 13.3. The van der Waals surface area contributed by atoms with Crippen LogP contribution in [0.5, 0.6) is 0 Å². The summed E-state index contributed by atoms with van der Waals surface area (Å²) in [6.45, 7) is 7.70. The van der Waals surface area contributed by atoms with Crippen LogP contribution in [-0.4, -0.2) is 43.2 Å². The summed E-state index contributed by atoms with van der Waals surface area (Å²) in [4.78, 5) is 17.5. The van der Waals surface area contributed by atoms with Crippen LogP contribution in [0.25, 0.3) is 0 Å². The van der Waals surface area contributed by atoms with Crippen molar-refractivity contribution in [2.24, 2.45) is 0 Å². The van der Waals surface area contributed by atoms with E-state index in [-0.39, 0.29) is 18.2 Å². The highest BCUT2D eigenvalue weighted by atomic mass is 16.5. The lowest BCUT2D eigenvalue weighted by molar-refractivity contribution is 0.0427. The predicted molar refractivity (Wildman–Crippen MR) is 113 cm³/mol. The van der Waals surface area contributed by atoms with Crippen molar-refractivity contribution in [1.82, 2.24) is 4.90 Å². The van der Waals surface area contributed by atoms with E-state index in [9.17, 15) is 4.79 Å². The molecule has 2 atom stereocenters. The van der Waals surface area contributed by atoms with Gasteiger partial charge in [-0.25, -0.2) is 0 Å². The van der Waals surface area contributed by atoms with Crippen LogP contribution in [0.3, 0.4) is 0 Å². The Kier molecular flexibility index (Phi) is 5.53. The summed E-state index contributed by atoms with van der Waals surface area (Å²) < 4.78 is 5.83. The van der Waals surface area contributed by atoms with Gasteiger partial charge >= 0.3 is 0 Å². The van der Waals surface area contributed by atoms with Gasteiger partial charge in [0.15, 0.2) is 0 Å². The number of nitrogens with zero attached hydrogens (tertiary/aromatic N) is 2. The third kappa shape index (κ3) is 3.59. The Morgan fingerprint density at radius 3 is 2.54 bits per heavy atom. The number of benzene rings is 2. The molecule has 4 rings (SSSR count). The van der Waals surface area contributed by atoms with Crippen LogP contribution >= 0.6 is 0 Å². The standard InChI is InChI=1S/C23H29N3O2/c1-3-25(4-2)18-13-11-17(12-14-18)22-24-21-10-6-5-9-20(21)23(27)26(22)16-19-8-7-15-28-19/h5-6,9-14,19,22,24H,3-4,7-8,15-16H2,1-2H3. The molecule has 1 fully saturated rings. The number of para-hydroxylation sites is 1. The van der Waals surface area contributed by atoms with Gasteiger partial charge in [-0.1, -0.05) is 24.3 Å². The Hall–Kier alpha value is -2.53. The van der Waals surface area contributed by atoms with Gasteiger partial charge in [0, 0.05) is 37.6 Å². The maximum Gasteiger partial charge on any atom is 0.257 e. The highest BCUT2D eigenvalue weighted by Gasteiger charge is 2.35. The number of hydrogen-bond acceptors (Lipinski definition) is 4. The van der Waals surface area contributed by atoms with Gasteiger partial charge in [-0.3, -0.25) is 4.79 Å². The summed E-state index contributed by atoms with van der Waals surface area (Å²) in [5.74, 6) is 0.0719. The minimum absolute atomic E-state index is 0.0719. The average Bonchev–Trinajstić information content (AvgIpc) is 3.25. The second-order valence-corrected chi connectivity index (χ2v) is 7.45. The number of anilines is 2. The van der Waals surface area contributed by atoms with Gasteiger partial charge in [-0.15, -0.1) is 0 Å². The molecule has 1 saturated heterocycles. The molecule has 148 valence electrons. The molecule has 28 heavy (non-hydrogen) atoms. The second kappa shape index (κ2) is 8.23. The molecule has 1 N–H and O–H groups in total. The highest BCUT2D eigenvalue weighted by Crippen LogP contribution is 2.34. The summed E-state index contributed by atoms with van der Waals surface area (Å²) in [5, 5.41) is 3.58. The molecule has 2 aromatic rings. The van der Waals surface area contributed by atoms with Crippen molar-refractivity contribution in [2.45, 2.75) is 39.0 Å². The molecule has 0 saturated carbocycles. The Labute approximate surface area is 167 Å². The molecule has 2 aliphatic rings. The lowest BCUT2D eigenvalue weighted by atomic mass is 10.0. The third-order valence-electron chi connectivity index (χ3n) is 5.78. The van der Waals surface area contributed by atoms with E-state index >= 15 is 0 Å². The van der Waals surface area contributed by atoms with Crippen molar-refractivity contribution >= 4 is 17.3 Å². The Bertz CT molecular complexity index is 811. The number of fused-ring (bicyclic) bond motifs is 1. The quantitative estimate of drug-likeness (QED) is 0.814. The highest BCUT2D eigenvalue weighted by molar-refractivity contribution is 6.01. The maximum atomic E-state index is 13.3. The lowest BCUT2D eigenvalue weighted by Gasteiger charge is -2.39. The topological polar surface area (TPSA) is 44.8 Å². The molecule has 2 aromatic carbocycles. The fraction of sp³-hybridized carbons (Fsp3) is 0.435. The van der Waals surface area contributed by atoms with E-state index in [4.69, 9.17) is 4.74 Å². The Morgan fingerprint density at radius 2 is 1.86 bits per heavy atom. The van der Waals surface area contributed by atoms with Crippen molar-refractivity contribution in [3.05, 3.63) is 59.7 Å². The van der Waals surface area contributed by atoms with Gasteiger partial charge < -0.3 is 19.9 Å². The van der Waals surface area contributed by atoms with Crippen LogP contribution in [0.2, 0.25) is 0 Å². The third-order valence-corrected chi connectivity index (χ3v) is 5.78. The molecule has 0 spiro atoms. The fourth-order valence-electron chi connectivity index (χ4n) is 4.21. The molecule has 0 aromatic heterocycles. The van der Waals surface area contributed by atoms with E-state index in [0.29, 0.717) is 6.54 Å². The first kappa shape index (κ1) is 18.8. The molecule has 2 unspecified atom stereocenters. The average molecular weight is 380 g/mol. The molecule has 2 heterocycles. The summed E-state index contributed by atoms with van der Waals surface area (Å²) in [5.41, 5.74) is 3.93. The first-order valence-electron chi connectivity index (χ1n) is 10.3. The van der Waals surface area contributed by atoms with E-state index in [1.165, 1.54) is 5.69 Å². The second-order valence-electron chi connectivity index (χ2n) is 7.45. The monoisotopic (exact) mass is 379 g/mol. The normalized spacial score (nSPS) is 21.4. The van der Waals surface area contributed by atoms with Crippen LogP contribution in [-0.2, 0) is 4.74 Å². The van der Waals surface area contributed by atoms with Gasteiger partial charge in [-0.2, -0.15) is 0 Å². The lowest BCUT2D eigenvalue weighted by Crippen LogP contribution is -2.46.